The predicted molar refractivity (Wildman–Crippen MR) is 163 cm³/mol. The number of hydrogen-bond acceptors (Lipinski definition) is 0. The Hall–Kier alpha value is -1.66. The molecule has 3 heteroatoms. The molecule has 0 fully saturated rings. The molecule has 0 bridgehead atoms. The van der Waals surface area contributed by atoms with E-state index < -0.39 is 0 Å². The zero-order valence-electron chi connectivity index (χ0n) is 25.7. The van der Waals surface area contributed by atoms with Gasteiger partial charge in [-0.1, -0.05) is 77.5 Å². The molecule has 0 saturated carbocycles. The van der Waals surface area contributed by atoms with Gasteiger partial charge in [-0.3, -0.25) is 0 Å². The van der Waals surface area contributed by atoms with Gasteiger partial charge in [0.05, 0.1) is 0 Å². The number of aryl methyl sites for hydroxylation is 5. The maximum Gasteiger partial charge on any atom is -0.0253 e. The van der Waals surface area contributed by atoms with Crippen LogP contribution < -0.4 is 24.8 Å². The van der Waals surface area contributed by atoms with E-state index in [0.717, 1.165) is 6.42 Å². The SMILES string of the molecule is CCCc1cc(C(C)(C)C)c[cH-]1.C[C](=[Zr+2])c1ccccc1.Cc1[c-]c2c(cc1C)-c1cc(C)c(C)cc1C2.[Cl-].[Cl-]. The molecule has 0 atom stereocenters. The monoisotopic (exact) mass is 648 g/mol. The molecular weight excluding hydrogens is 607 g/mol. The summed E-state index contributed by atoms with van der Waals surface area (Å²) in [7, 11) is 0. The molecule has 1 aliphatic carbocycles. The van der Waals surface area contributed by atoms with Crippen LogP contribution in [0.3, 0.4) is 0 Å². The number of hydrogen-bond donors (Lipinski definition) is 0. The second kappa shape index (κ2) is 16.1. The molecule has 0 amide bonds. The Bertz CT molecular complexity index is 1330. The van der Waals surface area contributed by atoms with Gasteiger partial charge in [0.15, 0.2) is 0 Å². The van der Waals surface area contributed by atoms with Crippen LogP contribution in [0.4, 0.5) is 0 Å². The second-order valence-electron chi connectivity index (χ2n) is 11.7. The van der Waals surface area contributed by atoms with Crippen LogP contribution in [-0.4, -0.2) is 3.21 Å². The summed E-state index contributed by atoms with van der Waals surface area (Å²) in [6.07, 6.45) is 3.51. The van der Waals surface area contributed by atoms with E-state index in [9.17, 15) is 0 Å². The summed E-state index contributed by atoms with van der Waals surface area (Å²) in [6.45, 7) is 19.9. The van der Waals surface area contributed by atoms with Crippen LogP contribution in [0.5, 0.6) is 0 Å². The number of benzene rings is 3. The summed E-state index contributed by atoms with van der Waals surface area (Å²) in [4.78, 5) is 0. The van der Waals surface area contributed by atoms with E-state index in [1.165, 1.54) is 101 Å². The average Bonchev–Trinajstić information content (AvgIpc) is 3.46. The standard InChI is InChI=1S/C17H17.C12H19.C8H8.2ClH.Zr/c1-10-5-14-9-15-6-11(2)13(4)8-17(15)16(14)7-12(10)3;1-5-6-10-7-8-11(9-10)12(2,3)4;1-2-8-6-4-3-5-7-8;;;/h5,7-8H,9H2,1-4H3;7-9H,5-6H2,1-4H3;3-7H,1H3;2*1H;/q2*-1;;;;+2/p-2. The third-order valence-corrected chi connectivity index (χ3v) is 8.13. The largest absolute Gasteiger partial charge is 1.00 e. The van der Waals surface area contributed by atoms with E-state index in [2.05, 4.69) is 129 Å². The van der Waals surface area contributed by atoms with Crippen molar-refractivity contribution in [1.82, 2.24) is 0 Å². The third-order valence-electron chi connectivity index (χ3n) is 7.42. The predicted octanol–water partition coefficient (Wildman–Crippen LogP) is 3.73. The molecule has 0 saturated heterocycles. The molecule has 0 N–H and O–H groups in total. The summed E-state index contributed by atoms with van der Waals surface area (Å²) < 4.78 is 1.46. The third kappa shape index (κ3) is 9.72. The number of rotatable bonds is 3. The zero-order chi connectivity index (χ0) is 28.0. The van der Waals surface area contributed by atoms with Crippen LogP contribution in [-0.2, 0) is 42.5 Å². The fraction of sp³-hybridized carbons (Fsp3) is 0.351. The van der Waals surface area contributed by atoms with Crippen molar-refractivity contribution in [2.24, 2.45) is 0 Å². The summed E-state index contributed by atoms with van der Waals surface area (Å²) in [6, 6.07) is 27.9. The summed E-state index contributed by atoms with van der Waals surface area (Å²) in [5, 5.41) is 0. The van der Waals surface area contributed by atoms with Crippen molar-refractivity contribution in [3.05, 3.63) is 123 Å². The molecule has 0 aliphatic heterocycles. The van der Waals surface area contributed by atoms with Gasteiger partial charge in [-0.25, -0.2) is 6.07 Å². The van der Waals surface area contributed by atoms with Gasteiger partial charge in [0.2, 0.25) is 0 Å². The van der Waals surface area contributed by atoms with E-state index >= 15 is 0 Å². The van der Waals surface area contributed by atoms with Gasteiger partial charge in [0.1, 0.15) is 0 Å². The normalized spacial score (nSPS) is 11.0. The molecule has 5 rings (SSSR count). The first-order chi connectivity index (χ1) is 17.9. The van der Waals surface area contributed by atoms with Crippen molar-refractivity contribution >= 4 is 3.21 Å². The molecule has 0 spiro atoms. The Morgan fingerprint density at radius 3 is 2.00 bits per heavy atom. The van der Waals surface area contributed by atoms with E-state index in [1.54, 1.807) is 0 Å². The van der Waals surface area contributed by atoms with Crippen molar-refractivity contribution in [3.8, 4) is 11.1 Å². The first-order valence-corrected chi connectivity index (χ1v) is 15.1. The van der Waals surface area contributed by atoms with E-state index in [1.807, 2.05) is 6.07 Å². The van der Waals surface area contributed by atoms with Gasteiger partial charge in [-0.05, 0) is 37.0 Å². The number of halogens is 2. The number of fused-ring (bicyclic) bond motifs is 3. The van der Waals surface area contributed by atoms with Gasteiger partial charge < -0.3 is 24.8 Å². The van der Waals surface area contributed by atoms with Crippen molar-refractivity contribution in [2.75, 3.05) is 0 Å². The van der Waals surface area contributed by atoms with Gasteiger partial charge in [-0.2, -0.15) is 46.5 Å². The van der Waals surface area contributed by atoms with E-state index in [4.69, 9.17) is 0 Å². The minimum Gasteiger partial charge on any atom is -1.00 e. The first kappa shape index (κ1) is 36.4. The summed E-state index contributed by atoms with van der Waals surface area (Å²) >= 11 is 1.51. The Kier molecular flexibility index (Phi) is 14.6. The molecule has 4 aromatic carbocycles. The van der Waals surface area contributed by atoms with Crippen LogP contribution in [0.2, 0.25) is 0 Å². The molecule has 40 heavy (non-hydrogen) atoms. The van der Waals surface area contributed by atoms with E-state index in [0.29, 0.717) is 5.41 Å². The second-order valence-corrected chi connectivity index (χ2v) is 13.6. The Balaban J connectivity index is 0.000000309. The smallest absolute Gasteiger partial charge is 0.0253 e. The first-order valence-electron chi connectivity index (χ1n) is 13.9. The van der Waals surface area contributed by atoms with Crippen LogP contribution in [0.1, 0.15) is 91.1 Å². The van der Waals surface area contributed by atoms with Crippen LogP contribution in [0.15, 0.2) is 66.7 Å². The quantitative estimate of drug-likeness (QED) is 0.262. The fourth-order valence-electron chi connectivity index (χ4n) is 4.74. The molecule has 0 unspecified atom stereocenters. The molecule has 4 aromatic rings. The Morgan fingerprint density at radius 1 is 0.875 bits per heavy atom. The molecule has 0 heterocycles. The average molecular weight is 651 g/mol. The maximum atomic E-state index is 3.54. The van der Waals surface area contributed by atoms with Crippen LogP contribution in [0.25, 0.3) is 11.1 Å². The molecule has 0 nitrogen and oxygen atoms in total. The molecule has 0 aromatic heterocycles. The van der Waals surface area contributed by atoms with Crippen molar-refractivity contribution in [3.63, 3.8) is 0 Å². The minimum atomic E-state index is 0. The molecule has 212 valence electrons. The van der Waals surface area contributed by atoms with Crippen molar-refractivity contribution < 1.29 is 49.0 Å². The van der Waals surface area contributed by atoms with Gasteiger partial charge in [0, 0.05) is 0 Å². The Morgan fingerprint density at radius 2 is 1.48 bits per heavy atom. The van der Waals surface area contributed by atoms with Crippen LogP contribution >= 0.6 is 0 Å². The van der Waals surface area contributed by atoms with E-state index in [-0.39, 0.29) is 24.8 Å². The summed E-state index contributed by atoms with van der Waals surface area (Å²) in [5.74, 6) is 0. The fourth-order valence-corrected chi connectivity index (χ4v) is 5.15. The molecule has 1 aliphatic rings. The minimum absolute atomic E-state index is 0. The van der Waals surface area contributed by atoms with Crippen LogP contribution in [0, 0.1) is 33.8 Å². The molecule has 0 radical (unpaired) electrons. The maximum absolute atomic E-state index is 3.54. The molecular formula is C37H44Cl2Zr-2. The summed E-state index contributed by atoms with van der Waals surface area (Å²) in [5.41, 5.74) is 15.7. The van der Waals surface area contributed by atoms with Gasteiger partial charge >= 0.3 is 70.3 Å². The zero-order valence-corrected chi connectivity index (χ0v) is 29.7. The van der Waals surface area contributed by atoms with Crippen molar-refractivity contribution in [1.29, 1.82) is 0 Å². The topological polar surface area (TPSA) is 0 Å². The van der Waals surface area contributed by atoms with Gasteiger partial charge in [0.25, 0.3) is 0 Å². The van der Waals surface area contributed by atoms with Crippen molar-refractivity contribution in [2.45, 2.75) is 87.0 Å². The van der Waals surface area contributed by atoms with Gasteiger partial charge in [-0.15, -0.1) is 11.1 Å². The Labute approximate surface area is 271 Å².